The van der Waals surface area contributed by atoms with E-state index >= 15 is 0 Å². The van der Waals surface area contributed by atoms with E-state index in [-0.39, 0.29) is 5.56 Å². The van der Waals surface area contributed by atoms with Crippen LogP contribution in [-0.2, 0) is 0 Å². The average Bonchev–Trinajstić information content (AvgIpc) is 2.44. The molecule has 1 atom stereocenters. The van der Waals surface area contributed by atoms with E-state index in [1.165, 1.54) is 6.07 Å². The first-order valence-corrected chi connectivity index (χ1v) is 6.96. The maximum absolute atomic E-state index is 14.1. The predicted molar refractivity (Wildman–Crippen MR) is 78.0 cm³/mol. The van der Waals surface area contributed by atoms with Crippen LogP contribution in [0.4, 0.5) is 13.2 Å². The van der Waals surface area contributed by atoms with Gasteiger partial charge in [-0.3, -0.25) is 0 Å². The van der Waals surface area contributed by atoms with Crippen molar-refractivity contribution in [3.8, 4) is 0 Å². The summed E-state index contributed by atoms with van der Waals surface area (Å²) in [6, 6.07) is 6.82. The van der Waals surface area contributed by atoms with Gasteiger partial charge in [-0.1, -0.05) is 30.7 Å². The molecule has 1 unspecified atom stereocenters. The molecule has 0 aliphatic heterocycles. The third-order valence-corrected chi connectivity index (χ3v) is 3.56. The van der Waals surface area contributed by atoms with Gasteiger partial charge in [0.05, 0.1) is 6.04 Å². The second-order valence-electron chi connectivity index (χ2n) is 4.76. The second-order valence-corrected chi connectivity index (χ2v) is 5.19. The minimum atomic E-state index is -1.46. The molecule has 0 aliphatic carbocycles. The zero-order valence-corrected chi connectivity index (χ0v) is 12.4. The van der Waals surface area contributed by atoms with Gasteiger partial charge in [-0.2, -0.15) is 0 Å². The molecule has 0 saturated heterocycles. The van der Waals surface area contributed by atoms with Crippen molar-refractivity contribution < 1.29 is 13.2 Å². The third-order valence-electron chi connectivity index (χ3n) is 3.33. The minimum Gasteiger partial charge on any atom is -0.306 e. The molecule has 1 nitrogen and oxygen atoms in total. The smallest absolute Gasteiger partial charge is 0.194 e. The highest BCUT2D eigenvalue weighted by molar-refractivity contribution is 6.30. The monoisotopic (exact) mass is 313 g/mol. The lowest BCUT2D eigenvalue weighted by Gasteiger charge is -2.22. The third kappa shape index (κ3) is 3.22. The molecule has 2 aromatic rings. The number of rotatable bonds is 4. The Hall–Kier alpha value is -1.52. The Bertz CT molecular complexity index is 658. The quantitative estimate of drug-likeness (QED) is 0.802. The standard InChI is InChI=1S/C16H15ClF3N/c1-3-21-16(11-5-4-10(17)8-9(11)2)12-6-7-13(18)15(20)14(12)19/h4-8,16,21H,3H2,1-2H3. The summed E-state index contributed by atoms with van der Waals surface area (Å²) >= 11 is 5.92. The van der Waals surface area contributed by atoms with Crippen LogP contribution in [0.15, 0.2) is 30.3 Å². The molecular formula is C16H15ClF3N. The Labute approximate surface area is 126 Å². The van der Waals surface area contributed by atoms with Crippen LogP contribution in [-0.4, -0.2) is 6.54 Å². The summed E-state index contributed by atoms with van der Waals surface area (Å²) in [5, 5.41) is 3.66. The number of hydrogen-bond acceptors (Lipinski definition) is 1. The summed E-state index contributed by atoms with van der Waals surface area (Å²) in [5.41, 5.74) is 1.69. The van der Waals surface area contributed by atoms with Gasteiger partial charge in [0.15, 0.2) is 17.5 Å². The Morgan fingerprint density at radius 2 is 1.71 bits per heavy atom. The number of hydrogen-bond donors (Lipinski definition) is 1. The van der Waals surface area contributed by atoms with Crippen LogP contribution >= 0.6 is 11.6 Å². The zero-order chi connectivity index (χ0) is 15.6. The van der Waals surface area contributed by atoms with Crippen LogP contribution < -0.4 is 5.32 Å². The van der Waals surface area contributed by atoms with Gasteiger partial charge in [0.25, 0.3) is 0 Å². The summed E-state index contributed by atoms with van der Waals surface area (Å²) in [7, 11) is 0. The van der Waals surface area contributed by atoms with E-state index in [4.69, 9.17) is 11.6 Å². The number of nitrogens with one attached hydrogen (secondary N) is 1. The summed E-state index contributed by atoms with van der Waals surface area (Å²) in [6.45, 7) is 4.24. The fourth-order valence-corrected chi connectivity index (χ4v) is 2.55. The van der Waals surface area contributed by atoms with E-state index < -0.39 is 23.5 Å². The molecule has 2 aromatic carbocycles. The van der Waals surface area contributed by atoms with Crippen molar-refractivity contribution in [1.82, 2.24) is 5.32 Å². The fraction of sp³-hybridized carbons (Fsp3) is 0.250. The molecule has 0 radical (unpaired) electrons. The summed E-state index contributed by atoms with van der Waals surface area (Å²) in [4.78, 5) is 0. The van der Waals surface area contributed by atoms with Gasteiger partial charge < -0.3 is 5.32 Å². The summed E-state index contributed by atoms with van der Waals surface area (Å²) in [6.07, 6.45) is 0. The molecule has 112 valence electrons. The van der Waals surface area contributed by atoms with E-state index in [9.17, 15) is 13.2 Å². The summed E-state index contributed by atoms with van der Waals surface area (Å²) in [5.74, 6) is -3.82. The highest BCUT2D eigenvalue weighted by Gasteiger charge is 2.22. The molecule has 0 heterocycles. The van der Waals surface area contributed by atoms with Gasteiger partial charge >= 0.3 is 0 Å². The number of halogens is 4. The van der Waals surface area contributed by atoms with Crippen LogP contribution in [0.2, 0.25) is 5.02 Å². The van der Waals surface area contributed by atoms with E-state index in [1.54, 1.807) is 18.2 Å². The van der Waals surface area contributed by atoms with Crippen molar-refractivity contribution in [2.45, 2.75) is 19.9 Å². The van der Waals surface area contributed by atoms with Crippen molar-refractivity contribution in [2.24, 2.45) is 0 Å². The first-order chi connectivity index (χ1) is 9.95. The van der Waals surface area contributed by atoms with Crippen molar-refractivity contribution in [3.63, 3.8) is 0 Å². The Balaban J connectivity index is 2.56. The first-order valence-electron chi connectivity index (χ1n) is 6.58. The van der Waals surface area contributed by atoms with Gasteiger partial charge in [0, 0.05) is 10.6 Å². The van der Waals surface area contributed by atoms with E-state index in [2.05, 4.69) is 5.32 Å². The first kappa shape index (κ1) is 15.9. The summed E-state index contributed by atoms with van der Waals surface area (Å²) < 4.78 is 40.6. The molecular weight excluding hydrogens is 299 g/mol. The fourth-order valence-electron chi connectivity index (χ4n) is 2.32. The molecule has 0 aromatic heterocycles. The highest BCUT2D eigenvalue weighted by atomic mass is 35.5. The van der Waals surface area contributed by atoms with E-state index in [1.807, 2.05) is 13.8 Å². The van der Waals surface area contributed by atoms with Gasteiger partial charge in [-0.15, -0.1) is 0 Å². The van der Waals surface area contributed by atoms with Gasteiger partial charge in [0.1, 0.15) is 0 Å². The maximum atomic E-state index is 14.1. The molecule has 1 N–H and O–H groups in total. The molecule has 0 fully saturated rings. The Kier molecular flexibility index (Phi) is 4.91. The topological polar surface area (TPSA) is 12.0 Å². The van der Waals surface area contributed by atoms with Crippen LogP contribution in [0.25, 0.3) is 0 Å². The highest BCUT2D eigenvalue weighted by Crippen LogP contribution is 2.30. The van der Waals surface area contributed by atoms with Gasteiger partial charge in [-0.25, -0.2) is 13.2 Å². The second kappa shape index (κ2) is 6.50. The van der Waals surface area contributed by atoms with Gasteiger partial charge in [0.2, 0.25) is 0 Å². The van der Waals surface area contributed by atoms with Crippen LogP contribution in [0.3, 0.4) is 0 Å². The lowest BCUT2D eigenvalue weighted by molar-refractivity contribution is 0.433. The largest absolute Gasteiger partial charge is 0.306 e. The number of aryl methyl sites for hydroxylation is 1. The predicted octanol–water partition coefficient (Wildman–Crippen LogP) is 4.76. The van der Waals surface area contributed by atoms with Crippen molar-refractivity contribution in [2.75, 3.05) is 6.54 Å². The SMILES string of the molecule is CCNC(c1ccc(Cl)cc1C)c1ccc(F)c(F)c1F. The molecule has 21 heavy (non-hydrogen) atoms. The Morgan fingerprint density at radius 3 is 2.33 bits per heavy atom. The molecule has 0 amide bonds. The molecule has 2 rings (SSSR count). The lowest BCUT2D eigenvalue weighted by atomic mass is 9.94. The zero-order valence-electron chi connectivity index (χ0n) is 11.7. The van der Waals surface area contributed by atoms with Crippen LogP contribution in [0.1, 0.15) is 29.7 Å². The Morgan fingerprint density at radius 1 is 1.05 bits per heavy atom. The van der Waals surface area contributed by atoms with E-state index in [0.717, 1.165) is 17.2 Å². The number of benzene rings is 2. The molecule has 5 heteroatoms. The average molecular weight is 314 g/mol. The lowest BCUT2D eigenvalue weighted by Crippen LogP contribution is -2.24. The van der Waals surface area contributed by atoms with Crippen LogP contribution in [0.5, 0.6) is 0 Å². The normalized spacial score (nSPS) is 12.5. The molecule has 0 aliphatic rings. The van der Waals surface area contributed by atoms with Crippen molar-refractivity contribution in [1.29, 1.82) is 0 Å². The van der Waals surface area contributed by atoms with Gasteiger partial charge in [-0.05, 0) is 42.8 Å². The maximum Gasteiger partial charge on any atom is 0.194 e. The van der Waals surface area contributed by atoms with Crippen LogP contribution in [0, 0.1) is 24.4 Å². The van der Waals surface area contributed by atoms with Crippen molar-refractivity contribution >= 4 is 11.6 Å². The molecule has 0 spiro atoms. The minimum absolute atomic E-state index is 0.0705. The molecule has 0 bridgehead atoms. The molecule has 0 saturated carbocycles. The van der Waals surface area contributed by atoms with Crippen molar-refractivity contribution in [3.05, 3.63) is 69.5 Å². The van der Waals surface area contributed by atoms with E-state index in [0.29, 0.717) is 11.6 Å².